The number of amides is 2. The van der Waals surface area contributed by atoms with Crippen LogP contribution in [0.5, 0.6) is 5.75 Å². The molecule has 0 heterocycles. The Balaban J connectivity index is 2.07. The Morgan fingerprint density at radius 3 is 2.21 bits per heavy atom. The highest BCUT2D eigenvalue weighted by Crippen LogP contribution is 2.28. The van der Waals surface area contributed by atoms with Gasteiger partial charge in [0.05, 0.1) is 17.7 Å². The average Bonchev–Trinajstić information content (AvgIpc) is 2.91. The number of aryl methyl sites for hydroxylation is 1. The smallest absolute Gasteiger partial charge is 0.264 e. The molecule has 3 aromatic rings. The largest absolute Gasteiger partial charge is 0.497 e. The van der Waals surface area contributed by atoms with Crippen molar-refractivity contribution in [2.24, 2.45) is 0 Å². The molecule has 1 unspecified atom stereocenters. The first-order valence-corrected chi connectivity index (χ1v) is 14.4. The average molecular weight is 552 g/mol. The van der Waals surface area contributed by atoms with E-state index in [4.69, 9.17) is 4.74 Å². The first-order chi connectivity index (χ1) is 18.6. The van der Waals surface area contributed by atoms with E-state index in [1.807, 2.05) is 58.0 Å². The summed E-state index contributed by atoms with van der Waals surface area (Å²) >= 11 is 0. The number of sulfonamides is 1. The highest BCUT2D eigenvalue weighted by atomic mass is 32.2. The SMILES string of the molecule is CCC(C(=O)NC(C)C)N(Cc1ccccc1)C(=O)CN(c1cccc(OC)c1)S(=O)(=O)c1ccc(C)cc1. The lowest BCUT2D eigenvalue weighted by atomic mass is 10.1. The summed E-state index contributed by atoms with van der Waals surface area (Å²) in [7, 11) is -2.65. The Hall–Kier alpha value is -3.85. The van der Waals surface area contributed by atoms with Crippen LogP contribution in [-0.4, -0.2) is 50.9 Å². The quantitative estimate of drug-likeness (QED) is 0.357. The van der Waals surface area contributed by atoms with Gasteiger partial charge in [0.1, 0.15) is 18.3 Å². The first-order valence-electron chi connectivity index (χ1n) is 12.9. The molecule has 0 radical (unpaired) electrons. The van der Waals surface area contributed by atoms with Crippen LogP contribution in [0.3, 0.4) is 0 Å². The maximum absolute atomic E-state index is 14.0. The van der Waals surface area contributed by atoms with Gasteiger partial charge in [-0.15, -0.1) is 0 Å². The molecule has 208 valence electrons. The molecule has 1 atom stereocenters. The zero-order chi connectivity index (χ0) is 28.6. The monoisotopic (exact) mass is 551 g/mol. The van der Waals surface area contributed by atoms with E-state index in [0.29, 0.717) is 12.2 Å². The maximum Gasteiger partial charge on any atom is 0.264 e. The number of carbonyl (C=O) groups is 2. The Morgan fingerprint density at radius 2 is 1.62 bits per heavy atom. The van der Waals surface area contributed by atoms with Crippen molar-refractivity contribution >= 4 is 27.5 Å². The number of nitrogens with zero attached hydrogens (tertiary/aromatic N) is 2. The molecule has 0 aromatic heterocycles. The minimum atomic E-state index is -4.14. The third-order valence-electron chi connectivity index (χ3n) is 6.24. The van der Waals surface area contributed by atoms with Gasteiger partial charge < -0.3 is 15.0 Å². The van der Waals surface area contributed by atoms with Crippen molar-refractivity contribution in [3.63, 3.8) is 0 Å². The molecular formula is C30H37N3O5S. The number of ether oxygens (including phenoxy) is 1. The van der Waals surface area contributed by atoms with Gasteiger partial charge in [-0.1, -0.05) is 61.0 Å². The predicted octanol–water partition coefficient (Wildman–Crippen LogP) is 4.53. The standard InChI is InChI=1S/C30H37N3O5S/c1-6-28(30(35)31-22(2)3)32(20-24-11-8-7-9-12-24)29(34)21-33(25-13-10-14-26(19-25)38-5)39(36,37)27-17-15-23(4)16-18-27/h7-19,22,28H,6,20-21H2,1-5H3,(H,31,35). The van der Waals surface area contributed by atoms with Gasteiger partial charge in [-0.2, -0.15) is 0 Å². The van der Waals surface area contributed by atoms with Crippen molar-refractivity contribution in [3.8, 4) is 5.75 Å². The third kappa shape index (κ3) is 7.60. The van der Waals surface area contributed by atoms with Crippen LogP contribution in [0.15, 0.2) is 83.8 Å². The van der Waals surface area contributed by atoms with E-state index in [0.717, 1.165) is 15.4 Å². The maximum atomic E-state index is 14.0. The third-order valence-corrected chi connectivity index (χ3v) is 8.03. The number of carbonyl (C=O) groups excluding carboxylic acids is 2. The van der Waals surface area contributed by atoms with E-state index in [2.05, 4.69) is 5.32 Å². The molecule has 3 rings (SSSR count). The second-order valence-electron chi connectivity index (χ2n) is 9.62. The van der Waals surface area contributed by atoms with Gasteiger partial charge in [-0.3, -0.25) is 13.9 Å². The van der Waals surface area contributed by atoms with Crippen molar-refractivity contribution < 1.29 is 22.7 Å². The van der Waals surface area contributed by atoms with Crippen molar-refractivity contribution in [1.29, 1.82) is 0 Å². The lowest BCUT2D eigenvalue weighted by Crippen LogP contribution is -2.53. The number of methoxy groups -OCH3 is 1. The number of rotatable bonds is 12. The molecule has 39 heavy (non-hydrogen) atoms. The van der Waals surface area contributed by atoms with Crippen LogP contribution in [0.25, 0.3) is 0 Å². The van der Waals surface area contributed by atoms with E-state index in [1.54, 1.807) is 36.4 Å². The van der Waals surface area contributed by atoms with Gasteiger partial charge in [-0.25, -0.2) is 8.42 Å². The predicted molar refractivity (Wildman–Crippen MR) is 153 cm³/mol. The van der Waals surface area contributed by atoms with E-state index < -0.39 is 28.5 Å². The second-order valence-corrected chi connectivity index (χ2v) is 11.5. The lowest BCUT2D eigenvalue weighted by molar-refractivity contribution is -0.140. The normalized spacial score (nSPS) is 12.1. The second kappa shape index (κ2) is 13.3. The number of hydrogen-bond donors (Lipinski definition) is 1. The molecule has 0 bridgehead atoms. The van der Waals surface area contributed by atoms with Gasteiger partial charge in [0.2, 0.25) is 11.8 Å². The molecule has 0 fully saturated rings. The minimum absolute atomic E-state index is 0.0583. The summed E-state index contributed by atoms with van der Waals surface area (Å²) in [6, 6.07) is 21.5. The molecule has 0 saturated carbocycles. The van der Waals surface area contributed by atoms with Crippen molar-refractivity contribution in [2.45, 2.75) is 57.6 Å². The van der Waals surface area contributed by atoms with Crippen LogP contribution in [0.2, 0.25) is 0 Å². The summed E-state index contributed by atoms with van der Waals surface area (Å²) in [4.78, 5) is 28.7. The molecular weight excluding hydrogens is 514 g/mol. The van der Waals surface area contributed by atoms with E-state index in [-0.39, 0.29) is 29.1 Å². The molecule has 0 spiro atoms. The fourth-order valence-corrected chi connectivity index (χ4v) is 5.62. The minimum Gasteiger partial charge on any atom is -0.497 e. The fourth-order valence-electron chi connectivity index (χ4n) is 4.21. The van der Waals surface area contributed by atoms with Crippen LogP contribution in [0.1, 0.15) is 38.3 Å². The Morgan fingerprint density at radius 1 is 0.949 bits per heavy atom. The zero-order valence-electron chi connectivity index (χ0n) is 23.1. The van der Waals surface area contributed by atoms with E-state index >= 15 is 0 Å². The summed E-state index contributed by atoms with van der Waals surface area (Å²) < 4.78 is 34.2. The van der Waals surface area contributed by atoms with Crippen molar-refractivity contribution in [2.75, 3.05) is 18.0 Å². The lowest BCUT2D eigenvalue weighted by Gasteiger charge is -2.33. The van der Waals surface area contributed by atoms with Crippen LogP contribution < -0.4 is 14.4 Å². The van der Waals surface area contributed by atoms with Gasteiger partial charge in [0.15, 0.2) is 0 Å². The summed E-state index contributed by atoms with van der Waals surface area (Å²) in [5.74, 6) is -0.331. The fraction of sp³-hybridized carbons (Fsp3) is 0.333. The summed E-state index contributed by atoms with van der Waals surface area (Å²) in [5, 5.41) is 2.90. The van der Waals surface area contributed by atoms with Gasteiger partial charge in [0.25, 0.3) is 10.0 Å². The molecule has 0 aliphatic carbocycles. The van der Waals surface area contributed by atoms with Crippen LogP contribution in [0.4, 0.5) is 5.69 Å². The van der Waals surface area contributed by atoms with Gasteiger partial charge in [0, 0.05) is 18.7 Å². The highest BCUT2D eigenvalue weighted by Gasteiger charge is 2.34. The molecule has 8 nitrogen and oxygen atoms in total. The Bertz CT molecular complexity index is 1360. The summed E-state index contributed by atoms with van der Waals surface area (Å²) in [6.07, 6.45) is 0.362. The summed E-state index contributed by atoms with van der Waals surface area (Å²) in [6.45, 7) is 7.06. The molecule has 1 N–H and O–H groups in total. The topological polar surface area (TPSA) is 96.0 Å². The zero-order valence-corrected chi connectivity index (χ0v) is 23.9. The van der Waals surface area contributed by atoms with Crippen LogP contribution in [0, 0.1) is 6.92 Å². The number of benzene rings is 3. The molecule has 0 aliphatic heterocycles. The molecule has 3 aromatic carbocycles. The van der Waals surface area contributed by atoms with Crippen LogP contribution >= 0.6 is 0 Å². The molecule has 9 heteroatoms. The van der Waals surface area contributed by atoms with E-state index in [9.17, 15) is 18.0 Å². The highest BCUT2D eigenvalue weighted by molar-refractivity contribution is 7.92. The Labute approximate surface area is 231 Å². The molecule has 2 amide bonds. The number of anilines is 1. The summed E-state index contributed by atoms with van der Waals surface area (Å²) in [5.41, 5.74) is 2.02. The van der Waals surface area contributed by atoms with E-state index in [1.165, 1.54) is 24.1 Å². The number of nitrogens with one attached hydrogen (secondary N) is 1. The van der Waals surface area contributed by atoms with Crippen molar-refractivity contribution in [1.82, 2.24) is 10.2 Å². The van der Waals surface area contributed by atoms with Crippen molar-refractivity contribution in [3.05, 3.63) is 90.0 Å². The number of hydrogen-bond acceptors (Lipinski definition) is 5. The van der Waals surface area contributed by atoms with Gasteiger partial charge in [-0.05, 0) is 57.0 Å². The molecule has 0 aliphatic rings. The molecule has 0 saturated heterocycles. The van der Waals surface area contributed by atoms with Crippen LogP contribution in [-0.2, 0) is 26.2 Å². The Kier molecular flexibility index (Phi) is 10.1. The van der Waals surface area contributed by atoms with Gasteiger partial charge >= 0.3 is 0 Å². The first kappa shape index (κ1) is 29.7.